The van der Waals surface area contributed by atoms with Gasteiger partial charge in [-0.2, -0.15) is 0 Å². The minimum Gasteiger partial charge on any atom is -0.325 e. The topological polar surface area (TPSA) is 32.3 Å². The van der Waals surface area contributed by atoms with Crippen molar-refractivity contribution in [3.05, 3.63) is 29.0 Å². The summed E-state index contributed by atoms with van der Waals surface area (Å²) in [5.74, 6) is -0.579. The first kappa shape index (κ1) is 15.3. The Balaban J connectivity index is 1.86. The van der Waals surface area contributed by atoms with E-state index in [2.05, 4.69) is 10.2 Å². The highest BCUT2D eigenvalue weighted by Gasteiger charge is 2.19. The molecular weight excluding hydrogens is 279 g/mol. The summed E-state index contributed by atoms with van der Waals surface area (Å²) in [6, 6.07) is 4.68. The lowest BCUT2D eigenvalue weighted by atomic mass is 9.94. The summed E-state index contributed by atoms with van der Waals surface area (Å²) in [5.41, 5.74) is 0.526. The van der Waals surface area contributed by atoms with E-state index in [1.807, 2.05) is 7.05 Å². The molecule has 1 aromatic rings. The van der Waals surface area contributed by atoms with Crippen molar-refractivity contribution in [2.75, 3.05) is 18.9 Å². The Bertz CT molecular complexity index is 475. The number of benzene rings is 1. The zero-order chi connectivity index (χ0) is 14.5. The van der Waals surface area contributed by atoms with E-state index in [0.29, 0.717) is 18.3 Å². The molecule has 3 nitrogen and oxygen atoms in total. The van der Waals surface area contributed by atoms with E-state index >= 15 is 0 Å². The summed E-state index contributed by atoms with van der Waals surface area (Å²) in [7, 11) is 1.98. The van der Waals surface area contributed by atoms with Crippen LogP contribution in [0.15, 0.2) is 18.2 Å². The number of likely N-dealkylation sites (N-methyl/N-ethyl adjacent to an activating group) is 1. The van der Waals surface area contributed by atoms with Crippen LogP contribution >= 0.6 is 11.6 Å². The van der Waals surface area contributed by atoms with Gasteiger partial charge in [-0.25, -0.2) is 4.39 Å². The number of nitrogens with one attached hydrogen (secondary N) is 1. The van der Waals surface area contributed by atoms with Crippen molar-refractivity contribution in [3.8, 4) is 0 Å². The summed E-state index contributed by atoms with van der Waals surface area (Å²) in [6.07, 6.45) is 6.09. The Morgan fingerprint density at radius 3 is 2.75 bits per heavy atom. The highest BCUT2D eigenvalue weighted by molar-refractivity contribution is 6.31. The molecule has 0 aliphatic heterocycles. The molecule has 0 aromatic heterocycles. The molecule has 0 spiro atoms. The van der Waals surface area contributed by atoms with Gasteiger partial charge in [0.05, 0.1) is 11.6 Å². The van der Waals surface area contributed by atoms with Gasteiger partial charge in [0, 0.05) is 11.7 Å². The maximum atomic E-state index is 13.0. The van der Waals surface area contributed by atoms with Crippen LogP contribution < -0.4 is 5.32 Å². The normalized spacial score (nSPS) is 16.4. The molecule has 1 aliphatic rings. The Hall–Kier alpha value is -1.13. The van der Waals surface area contributed by atoms with Crippen LogP contribution in [0.25, 0.3) is 0 Å². The molecule has 1 N–H and O–H groups in total. The number of nitrogens with zero attached hydrogens (tertiary/aromatic N) is 1. The smallest absolute Gasteiger partial charge is 0.238 e. The van der Waals surface area contributed by atoms with Crippen LogP contribution in [0.1, 0.15) is 32.1 Å². The van der Waals surface area contributed by atoms with Crippen molar-refractivity contribution in [2.45, 2.75) is 38.1 Å². The van der Waals surface area contributed by atoms with Gasteiger partial charge in [0.1, 0.15) is 5.82 Å². The van der Waals surface area contributed by atoms with E-state index in [4.69, 9.17) is 11.6 Å². The van der Waals surface area contributed by atoms with Crippen molar-refractivity contribution in [1.82, 2.24) is 4.90 Å². The molecule has 0 atom stereocenters. The number of rotatable bonds is 4. The molecule has 110 valence electrons. The number of carbonyl (C=O) groups excluding carboxylic acids is 1. The van der Waals surface area contributed by atoms with Crippen LogP contribution in [-0.4, -0.2) is 30.4 Å². The fourth-order valence-corrected chi connectivity index (χ4v) is 2.83. The molecule has 1 aliphatic carbocycles. The van der Waals surface area contributed by atoms with E-state index in [-0.39, 0.29) is 10.9 Å². The van der Waals surface area contributed by atoms with Crippen molar-refractivity contribution < 1.29 is 9.18 Å². The second-order valence-corrected chi connectivity index (χ2v) is 5.79. The van der Waals surface area contributed by atoms with E-state index in [0.717, 1.165) is 12.8 Å². The predicted molar refractivity (Wildman–Crippen MR) is 79.5 cm³/mol. The van der Waals surface area contributed by atoms with Gasteiger partial charge in [0.15, 0.2) is 0 Å². The van der Waals surface area contributed by atoms with Crippen molar-refractivity contribution in [2.24, 2.45) is 0 Å². The highest BCUT2D eigenvalue weighted by atomic mass is 35.5. The lowest BCUT2D eigenvalue weighted by molar-refractivity contribution is -0.117. The van der Waals surface area contributed by atoms with Crippen LogP contribution in [0.3, 0.4) is 0 Å². The van der Waals surface area contributed by atoms with Crippen LogP contribution in [0, 0.1) is 5.82 Å². The molecule has 1 saturated carbocycles. The van der Waals surface area contributed by atoms with Crippen molar-refractivity contribution in [3.63, 3.8) is 0 Å². The Labute approximate surface area is 124 Å². The molecule has 2 rings (SSSR count). The SMILES string of the molecule is CN(CC(=O)Nc1ccc(F)c(Cl)c1)C1CCCCC1. The molecule has 0 bridgehead atoms. The van der Waals surface area contributed by atoms with Gasteiger partial charge >= 0.3 is 0 Å². The van der Waals surface area contributed by atoms with E-state index in [9.17, 15) is 9.18 Å². The first-order chi connectivity index (χ1) is 9.56. The summed E-state index contributed by atoms with van der Waals surface area (Å²) in [5, 5.41) is 2.77. The molecule has 1 aromatic carbocycles. The van der Waals surface area contributed by atoms with Crippen LogP contribution in [0.5, 0.6) is 0 Å². The number of halogens is 2. The maximum Gasteiger partial charge on any atom is 0.238 e. The third-order valence-electron chi connectivity index (χ3n) is 3.79. The lowest BCUT2D eigenvalue weighted by Crippen LogP contribution is -2.39. The molecule has 0 unspecified atom stereocenters. The predicted octanol–water partition coefficient (Wildman–Crippen LogP) is 3.68. The molecule has 20 heavy (non-hydrogen) atoms. The average molecular weight is 299 g/mol. The second-order valence-electron chi connectivity index (χ2n) is 5.38. The Kier molecular flexibility index (Phi) is 5.38. The standard InChI is InChI=1S/C15H20ClFN2O/c1-19(12-5-3-2-4-6-12)10-15(20)18-11-7-8-14(17)13(16)9-11/h7-9,12H,2-6,10H2,1H3,(H,18,20). The van der Waals surface area contributed by atoms with Gasteiger partial charge in [-0.05, 0) is 38.1 Å². The zero-order valence-electron chi connectivity index (χ0n) is 11.7. The van der Waals surface area contributed by atoms with Gasteiger partial charge in [-0.1, -0.05) is 30.9 Å². The highest BCUT2D eigenvalue weighted by Crippen LogP contribution is 2.22. The largest absolute Gasteiger partial charge is 0.325 e. The van der Waals surface area contributed by atoms with Gasteiger partial charge in [0.2, 0.25) is 5.91 Å². The zero-order valence-corrected chi connectivity index (χ0v) is 12.4. The first-order valence-electron chi connectivity index (χ1n) is 7.01. The fraction of sp³-hybridized carbons (Fsp3) is 0.533. The number of anilines is 1. The van der Waals surface area contributed by atoms with Gasteiger partial charge in [-0.15, -0.1) is 0 Å². The van der Waals surface area contributed by atoms with E-state index in [1.165, 1.54) is 37.5 Å². The van der Waals surface area contributed by atoms with Gasteiger partial charge < -0.3 is 5.32 Å². The number of amides is 1. The van der Waals surface area contributed by atoms with Crippen molar-refractivity contribution in [1.29, 1.82) is 0 Å². The molecule has 1 fully saturated rings. The summed E-state index contributed by atoms with van der Waals surface area (Å²) in [4.78, 5) is 14.1. The number of hydrogen-bond donors (Lipinski definition) is 1. The summed E-state index contributed by atoms with van der Waals surface area (Å²) >= 11 is 5.69. The van der Waals surface area contributed by atoms with Gasteiger partial charge in [-0.3, -0.25) is 9.69 Å². The first-order valence-corrected chi connectivity index (χ1v) is 7.39. The maximum absolute atomic E-state index is 13.0. The number of hydrogen-bond acceptors (Lipinski definition) is 2. The fourth-order valence-electron chi connectivity index (χ4n) is 2.65. The summed E-state index contributed by atoms with van der Waals surface area (Å²) < 4.78 is 13.0. The Morgan fingerprint density at radius 1 is 1.40 bits per heavy atom. The van der Waals surface area contributed by atoms with Gasteiger partial charge in [0.25, 0.3) is 0 Å². The van der Waals surface area contributed by atoms with Crippen LogP contribution in [0.4, 0.5) is 10.1 Å². The third-order valence-corrected chi connectivity index (χ3v) is 4.08. The summed E-state index contributed by atoms with van der Waals surface area (Å²) in [6.45, 7) is 0.347. The van der Waals surface area contributed by atoms with E-state index < -0.39 is 5.82 Å². The number of carbonyl (C=O) groups is 1. The minimum absolute atomic E-state index is 0.0171. The molecule has 5 heteroatoms. The minimum atomic E-state index is -0.482. The molecular formula is C15H20ClFN2O. The van der Waals surface area contributed by atoms with Crippen LogP contribution in [-0.2, 0) is 4.79 Å². The molecule has 0 saturated heterocycles. The molecule has 1 amide bonds. The second kappa shape index (κ2) is 7.04. The molecule has 0 heterocycles. The molecule has 0 radical (unpaired) electrons. The third kappa shape index (κ3) is 4.18. The van der Waals surface area contributed by atoms with E-state index in [1.54, 1.807) is 0 Å². The monoisotopic (exact) mass is 298 g/mol. The van der Waals surface area contributed by atoms with Crippen molar-refractivity contribution >= 4 is 23.2 Å². The lowest BCUT2D eigenvalue weighted by Gasteiger charge is -2.30. The quantitative estimate of drug-likeness (QED) is 0.919. The average Bonchev–Trinajstić information content (AvgIpc) is 2.44. The Morgan fingerprint density at radius 2 is 2.10 bits per heavy atom. The van der Waals surface area contributed by atoms with Crippen LogP contribution in [0.2, 0.25) is 5.02 Å².